The number of benzene rings is 3. The molecule has 0 atom stereocenters. The second-order valence-electron chi connectivity index (χ2n) is 8.52. The summed E-state index contributed by atoms with van der Waals surface area (Å²) in [7, 11) is -3.84. The molecule has 0 aliphatic heterocycles. The van der Waals surface area contributed by atoms with Gasteiger partial charge in [0.15, 0.2) is 17.2 Å². The average molecular weight is 596 g/mol. The minimum Gasteiger partial charge on any atom is -0.454 e. The van der Waals surface area contributed by atoms with E-state index in [0.717, 1.165) is 3.97 Å². The number of halogens is 2. The topological polar surface area (TPSA) is 104 Å². The van der Waals surface area contributed by atoms with Crippen LogP contribution in [0.2, 0.25) is 0 Å². The number of ether oxygens (including phenoxy) is 1. The zero-order chi connectivity index (χ0) is 27.0. The van der Waals surface area contributed by atoms with E-state index in [1.807, 2.05) is 0 Å². The molecule has 0 amide bonds. The Kier molecular flexibility index (Phi) is 6.72. The van der Waals surface area contributed by atoms with Gasteiger partial charge in [0.05, 0.1) is 10.7 Å². The number of fused-ring (bicyclic) bond motifs is 1. The van der Waals surface area contributed by atoms with E-state index >= 15 is 0 Å². The number of hydrogen-bond donors (Lipinski definition) is 0. The van der Waals surface area contributed by atoms with Crippen molar-refractivity contribution < 1.29 is 22.5 Å². The number of non-ortho nitro benzene ring substituents is 1. The van der Waals surface area contributed by atoms with Gasteiger partial charge in [-0.2, -0.15) is 0 Å². The van der Waals surface area contributed by atoms with E-state index in [4.69, 9.17) is 4.74 Å². The SMILES string of the molecule is Cc1cc(-c2cc([N+](=O)[O-])ccc2Oc2ccc(Br)cc2F)c2ccn(S(=O)(=O)Cc3ccccc3)c2n1. The van der Waals surface area contributed by atoms with Crippen LogP contribution < -0.4 is 4.74 Å². The van der Waals surface area contributed by atoms with Gasteiger partial charge in [-0.1, -0.05) is 46.3 Å². The summed E-state index contributed by atoms with van der Waals surface area (Å²) < 4.78 is 48.7. The van der Waals surface area contributed by atoms with Crippen molar-refractivity contribution in [3.63, 3.8) is 0 Å². The van der Waals surface area contributed by atoms with Crippen molar-refractivity contribution in [3.8, 4) is 22.6 Å². The van der Waals surface area contributed by atoms with Gasteiger partial charge in [0, 0.05) is 39.4 Å². The average Bonchev–Trinajstić information content (AvgIpc) is 3.30. The zero-order valence-corrected chi connectivity index (χ0v) is 22.2. The number of nitro groups is 1. The Bertz CT molecular complexity index is 1810. The van der Waals surface area contributed by atoms with Crippen LogP contribution in [0.1, 0.15) is 11.3 Å². The molecule has 0 N–H and O–H groups in total. The summed E-state index contributed by atoms with van der Waals surface area (Å²) in [4.78, 5) is 15.5. The van der Waals surface area contributed by atoms with Gasteiger partial charge < -0.3 is 4.74 Å². The molecule has 11 heteroatoms. The summed E-state index contributed by atoms with van der Waals surface area (Å²) in [6.07, 6.45) is 1.41. The van der Waals surface area contributed by atoms with Gasteiger partial charge in [-0.25, -0.2) is 21.8 Å². The van der Waals surface area contributed by atoms with Gasteiger partial charge in [-0.05, 0) is 54.4 Å². The molecule has 3 aromatic carbocycles. The summed E-state index contributed by atoms with van der Waals surface area (Å²) in [6.45, 7) is 1.69. The Labute approximate surface area is 225 Å². The lowest BCUT2D eigenvalue weighted by molar-refractivity contribution is -0.384. The van der Waals surface area contributed by atoms with Gasteiger partial charge in [0.25, 0.3) is 5.69 Å². The molecule has 0 aliphatic carbocycles. The van der Waals surface area contributed by atoms with Gasteiger partial charge in [0.1, 0.15) is 5.75 Å². The molecule has 2 aromatic heterocycles. The Balaban J connectivity index is 1.67. The highest BCUT2D eigenvalue weighted by molar-refractivity contribution is 9.10. The van der Waals surface area contributed by atoms with Crippen molar-refractivity contribution in [1.29, 1.82) is 0 Å². The molecule has 0 saturated carbocycles. The highest BCUT2D eigenvalue weighted by Gasteiger charge is 2.23. The third-order valence-electron chi connectivity index (χ3n) is 5.82. The van der Waals surface area contributed by atoms with Crippen molar-refractivity contribution in [2.45, 2.75) is 12.7 Å². The molecule has 0 fully saturated rings. The van der Waals surface area contributed by atoms with Crippen LogP contribution in [0.4, 0.5) is 10.1 Å². The molecule has 0 saturated heterocycles. The van der Waals surface area contributed by atoms with Gasteiger partial charge in [0.2, 0.25) is 10.0 Å². The van der Waals surface area contributed by atoms with Crippen molar-refractivity contribution in [3.05, 3.63) is 117 Å². The molecule has 5 rings (SSSR count). The third kappa shape index (κ3) is 5.02. The minimum absolute atomic E-state index is 0.0756. The lowest BCUT2D eigenvalue weighted by Crippen LogP contribution is -2.14. The lowest BCUT2D eigenvalue weighted by Gasteiger charge is -2.14. The standard InChI is InChI=1S/C27H19BrFN3O5S/c1-17-13-22(21-11-12-31(27(21)30-17)38(35,36)16-18-5-3-2-4-6-18)23-15-20(32(33)34)8-10-25(23)37-26-9-7-19(28)14-24(26)29/h2-15H,16H2,1H3. The highest BCUT2D eigenvalue weighted by atomic mass is 79.9. The van der Waals surface area contributed by atoms with Crippen LogP contribution in [0.3, 0.4) is 0 Å². The highest BCUT2D eigenvalue weighted by Crippen LogP contribution is 2.40. The normalized spacial score (nSPS) is 11.6. The first kappa shape index (κ1) is 25.6. The van der Waals surface area contributed by atoms with Crippen molar-refractivity contribution in [1.82, 2.24) is 8.96 Å². The smallest absolute Gasteiger partial charge is 0.270 e. The largest absolute Gasteiger partial charge is 0.454 e. The molecule has 5 aromatic rings. The number of aromatic nitrogens is 2. The van der Waals surface area contributed by atoms with Crippen LogP contribution in [0.25, 0.3) is 22.2 Å². The van der Waals surface area contributed by atoms with E-state index < -0.39 is 20.8 Å². The molecule has 8 nitrogen and oxygen atoms in total. The zero-order valence-electron chi connectivity index (χ0n) is 19.8. The van der Waals surface area contributed by atoms with Crippen molar-refractivity contribution in [2.75, 3.05) is 0 Å². The number of rotatable bonds is 7. The first-order valence-corrected chi connectivity index (χ1v) is 13.7. The van der Waals surface area contributed by atoms with Crippen LogP contribution in [0.5, 0.6) is 11.5 Å². The fourth-order valence-corrected chi connectivity index (χ4v) is 5.86. The molecular weight excluding hydrogens is 577 g/mol. The summed E-state index contributed by atoms with van der Waals surface area (Å²) in [5.41, 5.74) is 1.81. The Morgan fingerprint density at radius 1 is 1.00 bits per heavy atom. The van der Waals surface area contributed by atoms with Crippen LogP contribution >= 0.6 is 15.9 Å². The van der Waals surface area contributed by atoms with E-state index in [2.05, 4.69) is 20.9 Å². The maximum absolute atomic E-state index is 14.6. The molecule has 0 bridgehead atoms. The predicted molar refractivity (Wildman–Crippen MR) is 145 cm³/mol. The van der Waals surface area contributed by atoms with Gasteiger partial charge in [-0.15, -0.1) is 0 Å². The van der Waals surface area contributed by atoms with Crippen molar-refractivity contribution >= 4 is 42.7 Å². The lowest BCUT2D eigenvalue weighted by atomic mass is 10.0. The summed E-state index contributed by atoms with van der Waals surface area (Å²) in [5, 5.41) is 12.0. The predicted octanol–water partition coefficient (Wildman–Crippen LogP) is 6.99. The number of aryl methyl sites for hydroxylation is 1. The fraction of sp³-hybridized carbons (Fsp3) is 0.0741. The molecule has 2 heterocycles. The quantitative estimate of drug-likeness (QED) is 0.148. The second kappa shape index (κ2) is 9.99. The third-order valence-corrected chi connectivity index (χ3v) is 7.91. The first-order valence-electron chi connectivity index (χ1n) is 11.3. The summed E-state index contributed by atoms with van der Waals surface area (Å²) in [6, 6.07) is 20.3. The Morgan fingerprint density at radius 3 is 2.45 bits per heavy atom. The van der Waals surface area contributed by atoms with E-state index in [-0.39, 0.29) is 34.1 Å². The Morgan fingerprint density at radius 2 is 1.74 bits per heavy atom. The Hall–Kier alpha value is -4.09. The fourth-order valence-electron chi connectivity index (χ4n) is 4.12. The number of nitrogens with zero attached hydrogens (tertiary/aromatic N) is 3. The first-order chi connectivity index (χ1) is 18.1. The molecule has 0 unspecified atom stereocenters. The van der Waals surface area contributed by atoms with Crippen molar-refractivity contribution in [2.24, 2.45) is 0 Å². The number of nitro benzene ring substituents is 1. The molecule has 192 valence electrons. The van der Waals surface area contributed by atoms with E-state index in [9.17, 15) is 22.9 Å². The molecule has 0 radical (unpaired) electrons. The van der Waals surface area contributed by atoms with E-state index in [0.29, 0.717) is 26.7 Å². The van der Waals surface area contributed by atoms with Gasteiger partial charge in [-0.3, -0.25) is 10.1 Å². The molecular formula is C27H19BrFN3O5S. The minimum atomic E-state index is -3.84. The van der Waals surface area contributed by atoms with Crippen LogP contribution in [-0.2, 0) is 15.8 Å². The van der Waals surface area contributed by atoms with Crippen LogP contribution in [0, 0.1) is 22.9 Å². The number of hydrogen-bond acceptors (Lipinski definition) is 6. The van der Waals surface area contributed by atoms with E-state index in [1.165, 1.54) is 36.5 Å². The van der Waals surface area contributed by atoms with E-state index in [1.54, 1.807) is 55.5 Å². The molecule has 0 spiro atoms. The summed E-state index contributed by atoms with van der Waals surface area (Å²) >= 11 is 3.20. The maximum Gasteiger partial charge on any atom is 0.270 e. The monoisotopic (exact) mass is 595 g/mol. The number of pyridine rings is 1. The summed E-state index contributed by atoms with van der Waals surface area (Å²) in [5.74, 6) is -0.786. The second-order valence-corrected chi connectivity index (χ2v) is 11.3. The maximum atomic E-state index is 14.6. The molecule has 38 heavy (non-hydrogen) atoms. The molecule has 0 aliphatic rings. The van der Waals surface area contributed by atoms with Crippen LogP contribution in [0.15, 0.2) is 89.5 Å². The van der Waals surface area contributed by atoms with Gasteiger partial charge >= 0.3 is 0 Å². The van der Waals surface area contributed by atoms with Crippen LogP contribution in [-0.4, -0.2) is 22.3 Å².